The summed E-state index contributed by atoms with van der Waals surface area (Å²) in [5.74, 6) is 0. The van der Waals surface area contributed by atoms with Crippen molar-refractivity contribution < 1.29 is 34.0 Å². The van der Waals surface area contributed by atoms with Crippen LogP contribution >= 0.6 is 0 Å². The van der Waals surface area contributed by atoms with Gasteiger partial charge in [-0.25, -0.2) is 9.59 Å². The van der Waals surface area contributed by atoms with Crippen molar-refractivity contribution in [1.29, 1.82) is 0 Å². The molecule has 8 nitrogen and oxygen atoms in total. The Balaban J connectivity index is 0.000000489. The maximum absolute atomic E-state index is 11.0. The number of nitrogens with two attached hydrogens (primary N) is 1. The van der Waals surface area contributed by atoms with E-state index >= 15 is 0 Å². The Morgan fingerprint density at radius 1 is 0.788 bits per heavy atom. The Morgan fingerprint density at radius 2 is 1.21 bits per heavy atom. The number of rotatable bonds is 2. The van der Waals surface area contributed by atoms with Gasteiger partial charge in [-0.3, -0.25) is 0 Å². The number of aliphatic hydroxyl groups is 2. The zero-order valence-corrected chi connectivity index (χ0v) is 20.5. The molecule has 0 atom stereocenters. The van der Waals surface area contributed by atoms with E-state index in [4.69, 9.17) is 25.4 Å². The molecule has 4 N–H and O–H groups in total. The molecule has 33 heavy (non-hydrogen) atoms. The SMILES string of the molecule is CC(C)(C)OC(=O)OC(=O)OC(C)(C)C.Cc1cccc(CO)c1.Nc1cccc(CO)c1. The standard InChI is InChI=1S/C10H18O5.C8H10O.C7H9NO/c1-9(2,3)14-7(11)13-8(12)15-10(4,5)6;1-7-3-2-4-8(5-7)6-9;8-7-3-1-2-6(4-7)5-9/h1-6H3;2-5,9H,6H2,1H3;1-4,9H,5,8H2. The summed E-state index contributed by atoms with van der Waals surface area (Å²) in [7, 11) is 0. The molecule has 2 rings (SSSR count). The highest BCUT2D eigenvalue weighted by Crippen LogP contribution is 2.11. The summed E-state index contributed by atoms with van der Waals surface area (Å²) >= 11 is 0. The third kappa shape index (κ3) is 17.2. The van der Waals surface area contributed by atoms with E-state index in [2.05, 4.69) is 4.74 Å². The number of carbonyl (C=O) groups is 2. The number of hydrogen-bond acceptors (Lipinski definition) is 8. The van der Waals surface area contributed by atoms with E-state index in [9.17, 15) is 9.59 Å². The van der Waals surface area contributed by atoms with E-state index in [1.165, 1.54) is 5.56 Å². The fourth-order valence-electron chi connectivity index (χ4n) is 2.11. The third-order valence-electron chi connectivity index (χ3n) is 3.34. The topological polar surface area (TPSA) is 128 Å². The zero-order chi connectivity index (χ0) is 25.7. The van der Waals surface area contributed by atoms with E-state index in [1.807, 2.05) is 43.3 Å². The second-order valence-electron chi connectivity index (χ2n) is 9.08. The average Bonchev–Trinajstić information content (AvgIpc) is 2.65. The number of anilines is 1. The molecule has 0 spiro atoms. The van der Waals surface area contributed by atoms with Crippen LogP contribution in [0, 0.1) is 6.92 Å². The zero-order valence-electron chi connectivity index (χ0n) is 20.5. The lowest BCUT2D eigenvalue weighted by Crippen LogP contribution is -2.29. The van der Waals surface area contributed by atoms with Crippen LogP contribution in [0.1, 0.15) is 58.2 Å². The Bertz CT molecular complexity index is 796. The van der Waals surface area contributed by atoms with Crippen LogP contribution in [0.25, 0.3) is 0 Å². The van der Waals surface area contributed by atoms with Crippen molar-refractivity contribution in [2.24, 2.45) is 0 Å². The molecule has 0 saturated heterocycles. The lowest BCUT2D eigenvalue weighted by Gasteiger charge is -2.20. The molecule has 2 aromatic rings. The fraction of sp³-hybridized carbons (Fsp3) is 0.440. The summed E-state index contributed by atoms with van der Waals surface area (Å²) in [6.07, 6.45) is -2.12. The third-order valence-corrected chi connectivity index (χ3v) is 3.34. The molecule has 2 aromatic carbocycles. The molecular weight excluding hydrogens is 426 g/mol. The van der Waals surface area contributed by atoms with Crippen LogP contribution in [0.5, 0.6) is 0 Å². The molecule has 0 heterocycles. The summed E-state index contributed by atoms with van der Waals surface area (Å²) in [6.45, 7) is 12.2. The lowest BCUT2D eigenvalue weighted by atomic mass is 10.1. The normalized spacial score (nSPS) is 10.6. The molecule has 0 fully saturated rings. The van der Waals surface area contributed by atoms with Crippen LogP contribution in [0.2, 0.25) is 0 Å². The van der Waals surface area contributed by atoms with Crippen LogP contribution in [-0.2, 0) is 27.4 Å². The number of aliphatic hydroxyl groups excluding tert-OH is 2. The van der Waals surface area contributed by atoms with Gasteiger partial charge >= 0.3 is 12.3 Å². The molecule has 0 bridgehead atoms. The number of nitrogen functional groups attached to an aromatic ring is 1. The number of aryl methyl sites for hydroxylation is 1. The quantitative estimate of drug-likeness (QED) is 0.318. The molecular formula is C25H37NO7. The van der Waals surface area contributed by atoms with Gasteiger partial charge in [0.15, 0.2) is 0 Å². The van der Waals surface area contributed by atoms with E-state index in [0.29, 0.717) is 5.69 Å². The molecule has 0 saturated carbocycles. The maximum atomic E-state index is 11.0. The summed E-state index contributed by atoms with van der Waals surface area (Å²) < 4.78 is 13.8. The Morgan fingerprint density at radius 3 is 1.52 bits per heavy atom. The molecule has 0 unspecified atom stereocenters. The number of ether oxygens (including phenoxy) is 3. The van der Waals surface area contributed by atoms with Crippen molar-refractivity contribution in [1.82, 2.24) is 0 Å². The minimum absolute atomic E-state index is 0.0606. The highest BCUT2D eigenvalue weighted by Gasteiger charge is 2.24. The van der Waals surface area contributed by atoms with Gasteiger partial charge in [0.1, 0.15) is 11.2 Å². The summed E-state index contributed by atoms with van der Waals surface area (Å²) in [4.78, 5) is 22.0. The van der Waals surface area contributed by atoms with Crippen LogP contribution in [-0.4, -0.2) is 33.7 Å². The summed E-state index contributed by atoms with van der Waals surface area (Å²) in [5, 5.41) is 17.3. The molecule has 0 aliphatic heterocycles. The van der Waals surface area contributed by atoms with Gasteiger partial charge in [0.05, 0.1) is 13.2 Å². The van der Waals surface area contributed by atoms with Crippen molar-refractivity contribution in [2.45, 2.75) is 72.9 Å². The largest absolute Gasteiger partial charge is 0.519 e. The minimum atomic E-state index is -1.06. The van der Waals surface area contributed by atoms with Gasteiger partial charge < -0.3 is 30.2 Å². The van der Waals surface area contributed by atoms with Crippen molar-refractivity contribution in [3.8, 4) is 0 Å². The Kier molecular flexibility index (Phi) is 12.8. The van der Waals surface area contributed by atoms with Gasteiger partial charge in [0, 0.05) is 5.69 Å². The van der Waals surface area contributed by atoms with Crippen LogP contribution in [0.3, 0.4) is 0 Å². The molecule has 184 valence electrons. The van der Waals surface area contributed by atoms with Gasteiger partial charge in [-0.2, -0.15) is 0 Å². The van der Waals surface area contributed by atoms with Gasteiger partial charge in [-0.05, 0) is 71.7 Å². The van der Waals surface area contributed by atoms with Crippen molar-refractivity contribution >= 4 is 18.0 Å². The van der Waals surface area contributed by atoms with Crippen LogP contribution in [0.4, 0.5) is 15.3 Å². The highest BCUT2D eigenvalue weighted by atomic mass is 16.8. The molecule has 0 aromatic heterocycles. The summed E-state index contributed by atoms with van der Waals surface area (Å²) in [5.41, 5.74) is 7.76. The van der Waals surface area contributed by atoms with Crippen LogP contribution < -0.4 is 5.73 Å². The van der Waals surface area contributed by atoms with Crippen molar-refractivity contribution in [3.05, 3.63) is 65.2 Å². The van der Waals surface area contributed by atoms with E-state index in [0.717, 1.165) is 11.1 Å². The Labute approximate surface area is 196 Å². The van der Waals surface area contributed by atoms with Gasteiger partial charge in [-0.1, -0.05) is 42.0 Å². The summed E-state index contributed by atoms with van der Waals surface area (Å²) in [6, 6.07) is 15.0. The predicted octanol–water partition coefficient (Wildman–Crippen LogP) is 5.12. The minimum Gasteiger partial charge on any atom is -0.428 e. The first-order valence-electron chi connectivity index (χ1n) is 10.4. The van der Waals surface area contributed by atoms with Gasteiger partial charge in [0.2, 0.25) is 0 Å². The molecule has 0 amide bonds. The molecule has 0 aliphatic carbocycles. The van der Waals surface area contributed by atoms with E-state index < -0.39 is 23.5 Å². The van der Waals surface area contributed by atoms with Gasteiger partial charge in [0.25, 0.3) is 0 Å². The second-order valence-corrected chi connectivity index (χ2v) is 9.08. The van der Waals surface area contributed by atoms with E-state index in [-0.39, 0.29) is 13.2 Å². The average molecular weight is 464 g/mol. The number of benzene rings is 2. The lowest BCUT2D eigenvalue weighted by molar-refractivity contribution is -0.0293. The number of hydrogen-bond donors (Lipinski definition) is 3. The van der Waals surface area contributed by atoms with Crippen LogP contribution in [0.15, 0.2) is 48.5 Å². The second kappa shape index (κ2) is 14.1. The fourth-order valence-corrected chi connectivity index (χ4v) is 2.11. The highest BCUT2D eigenvalue weighted by molar-refractivity contribution is 5.77. The van der Waals surface area contributed by atoms with Crippen molar-refractivity contribution in [3.63, 3.8) is 0 Å². The first-order valence-corrected chi connectivity index (χ1v) is 10.4. The first kappa shape index (κ1) is 29.9. The maximum Gasteiger partial charge on any atom is 0.519 e. The molecule has 0 aliphatic rings. The van der Waals surface area contributed by atoms with Crippen molar-refractivity contribution in [2.75, 3.05) is 5.73 Å². The van der Waals surface area contributed by atoms with E-state index in [1.54, 1.807) is 53.7 Å². The molecule has 8 heteroatoms. The monoisotopic (exact) mass is 463 g/mol. The Hall–Kier alpha value is -3.10. The smallest absolute Gasteiger partial charge is 0.428 e. The first-order chi connectivity index (χ1) is 15.1. The predicted molar refractivity (Wildman–Crippen MR) is 127 cm³/mol. The number of carbonyl (C=O) groups excluding carboxylic acids is 2. The van der Waals surface area contributed by atoms with Gasteiger partial charge in [-0.15, -0.1) is 0 Å². The molecule has 0 radical (unpaired) electrons.